The summed E-state index contributed by atoms with van der Waals surface area (Å²) in [7, 11) is -3.57. The number of likely N-dealkylation sites (tertiary alicyclic amines) is 1. The van der Waals surface area contributed by atoms with Gasteiger partial charge in [-0.15, -0.1) is 0 Å². The van der Waals surface area contributed by atoms with E-state index in [4.69, 9.17) is 0 Å². The lowest BCUT2D eigenvalue weighted by Crippen LogP contribution is -2.65. The van der Waals surface area contributed by atoms with Gasteiger partial charge in [-0.1, -0.05) is 72.1 Å². The maximum atomic E-state index is 15.0. The lowest BCUT2D eigenvalue weighted by atomic mass is 9.70. The number of amides is 5. The van der Waals surface area contributed by atoms with E-state index < -0.39 is 55.6 Å². The van der Waals surface area contributed by atoms with Crippen LogP contribution in [-0.4, -0.2) is 89.8 Å². The van der Waals surface area contributed by atoms with E-state index in [1.165, 1.54) is 0 Å². The molecule has 0 aromatic carbocycles. The van der Waals surface area contributed by atoms with Crippen molar-refractivity contribution in [3.8, 4) is 0 Å². The van der Waals surface area contributed by atoms with Gasteiger partial charge in [0, 0.05) is 12.6 Å². The van der Waals surface area contributed by atoms with Gasteiger partial charge in [-0.3, -0.25) is 14.4 Å². The third kappa shape index (κ3) is 8.72. The maximum Gasteiger partial charge on any atom is 0.315 e. The highest BCUT2D eigenvalue weighted by atomic mass is 32.2. The fraction of sp³-hybridized carbons (Fsp3) is 0.854. The fourth-order valence-corrected chi connectivity index (χ4v) is 11.3. The molecule has 6 fully saturated rings. The van der Waals surface area contributed by atoms with Crippen LogP contribution >= 0.6 is 0 Å². The predicted molar refractivity (Wildman–Crippen MR) is 207 cm³/mol. The summed E-state index contributed by atoms with van der Waals surface area (Å²) in [5.41, 5.74) is -1.80. The van der Waals surface area contributed by atoms with Crippen LogP contribution in [0.15, 0.2) is 5.57 Å². The van der Waals surface area contributed by atoms with Crippen LogP contribution < -0.4 is 21.3 Å². The number of carbonyl (C=O) groups excluding carboxylic acids is 5. The number of nitrogens with zero attached hydrogens (tertiary/aromatic N) is 1. The molecule has 1 saturated heterocycles. The van der Waals surface area contributed by atoms with Gasteiger partial charge in [0.05, 0.1) is 22.1 Å². The zero-order valence-electron chi connectivity index (χ0n) is 33.5. The van der Waals surface area contributed by atoms with Crippen LogP contribution in [0.5, 0.6) is 0 Å². The molecule has 5 amide bonds. The normalized spacial score (nSPS) is 28.0. The van der Waals surface area contributed by atoms with Crippen LogP contribution in [0, 0.1) is 28.6 Å². The predicted octanol–water partition coefficient (Wildman–Crippen LogP) is 4.74. The monoisotopic (exact) mass is 771 g/mol. The molecular weight excluding hydrogens is 707 g/mol. The van der Waals surface area contributed by atoms with Gasteiger partial charge >= 0.3 is 6.03 Å². The van der Waals surface area contributed by atoms with Crippen molar-refractivity contribution in [1.82, 2.24) is 26.2 Å². The third-order valence-electron chi connectivity index (χ3n) is 14.1. The summed E-state index contributed by atoms with van der Waals surface area (Å²) in [4.78, 5) is 70.8. The average molecular weight is 772 g/mol. The molecule has 302 valence electrons. The van der Waals surface area contributed by atoms with E-state index in [1.54, 1.807) is 25.7 Å². The van der Waals surface area contributed by atoms with Gasteiger partial charge in [0.25, 0.3) is 5.91 Å². The van der Waals surface area contributed by atoms with Crippen LogP contribution in [0.1, 0.15) is 144 Å². The molecule has 6 rings (SSSR count). The molecule has 12 nitrogen and oxygen atoms in total. The molecule has 5 aliphatic carbocycles. The Morgan fingerprint density at radius 2 is 1.48 bits per heavy atom. The molecule has 6 aliphatic rings. The highest BCUT2D eigenvalue weighted by Gasteiger charge is 2.70. The molecule has 5 unspecified atom stereocenters. The van der Waals surface area contributed by atoms with Crippen molar-refractivity contribution in [2.24, 2.45) is 28.6 Å². The Morgan fingerprint density at radius 1 is 0.870 bits per heavy atom. The summed E-state index contributed by atoms with van der Waals surface area (Å²) in [6, 6.07) is -3.11. The Balaban J connectivity index is 1.25. The van der Waals surface area contributed by atoms with E-state index in [2.05, 4.69) is 35.1 Å². The van der Waals surface area contributed by atoms with Crippen molar-refractivity contribution in [3.63, 3.8) is 0 Å². The van der Waals surface area contributed by atoms with Crippen molar-refractivity contribution in [2.45, 2.75) is 179 Å². The number of rotatable bonds is 14. The first kappa shape index (κ1) is 40.7. The van der Waals surface area contributed by atoms with Gasteiger partial charge in [0.15, 0.2) is 9.84 Å². The van der Waals surface area contributed by atoms with E-state index in [0.29, 0.717) is 31.7 Å². The number of sulfone groups is 1. The molecule has 54 heavy (non-hydrogen) atoms. The molecule has 13 heteroatoms. The van der Waals surface area contributed by atoms with E-state index in [9.17, 15) is 27.6 Å². The molecule has 0 spiro atoms. The van der Waals surface area contributed by atoms with Crippen LogP contribution in [0.4, 0.5) is 4.79 Å². The van der Waals surface area contributed by atoms with Gasteiger partial charge in [-0.05, 0) is 101 Å². The topological polar surface area (TPSA) is 171 Å². The summed E-state index contributed by atoms with van der Waals surface area (Å²) in [6.45, 7) is 11.7. The quantitative estimate of drug-likeness (QED) is 0.146. The summed E-state index contributed by atoms with van der Waals surface area (Å²) in [5, 5.41) is 12.1. The van der Waals surface area contributed by atoms with E-state index in [0.717, 1.165) is 83.5 Å². The molecular formula is C41H65N5O7S. The molecule has 0 radical (unpaired) electrons. The Kier molecular flexibility index (Phi) is 11.5. The van der Waals surface area contributed by atoms with Crippen LogP contribution in [0.25, 0.3) is 0 Å². The minimum Gasteiger partial charge on any atom is -0.349 e. The fourth-order valence-electron chi connectivity index (χ4n) is 9.80. The molecule has 1 aliphatic heterocycles. The number of hydrogen-bond acceptors (Lipinski definition) is 7. The Morgan fingerprint density at radius 3 is 2.04 bits per heavy atom. The second kappa shape index (κ2) is 15.2. The second-order valence-corrected chi connectivity index (χ2v) is 22.4. The summed E-state index contributed by atoms with van der Waals surface area (Å²) < 4.78 is 26.0. The first-order chi connectivity index (χ1) is 25.3. The van der Waals surface area contributed by atoms with E-state index >= 15 is 4.79 Å². The van der Waals surface area contributed by atoms with Crippen molar-refractivity contribution in [3.05, 3.63) is 5.57 Å². The van der Waals surface area contributed by atoms with Crippen LogP contribution in [-0.2, 0) is 29.0 Å². The number of carbonyl (C=O) groups is 4. The lowest BCUT2D eigenvalue weighted by molar-refractivity contribution is -0.145. The summed E-state index contributed by atoms with van der Waals surface area (Å²) in [6.07, 6.45) is 13.0. The molecule has 5 atom stereocenters. The minimum atomic E-state index is -3.57. The second-order valence-electron chi connectivity index (χ2n) is 19.7. The first-order valence-electron chi connectivity index (χ1n) is 20.8. The largest absolute Gasteiger partial charge is 0.349 e. The Hall–Kier alpha value is -2.92. The molecule has 0 bridgehead atoms. The number of piperidine rings is 1. The smallest absolute Gasteiger partial charge is 0.315 e. The SMILES string of the molecule is CC1(C(NC(=O)NC2(CS(=O)(=O)C(C)(C)C)CCCCC2)C(=O)N2CC3C(C2C(=O)NC(CCC2CC2)C(=C=O)C(=O)NC2CC2)C3(C)C)CCCCC1. The number of fused-ring (bicyclic) bond motifs is 1. The van der Waals surface area contributed by atoms with Crippen molar-refractivity contribution in [1.29, 1.82) is 0 Å². The average Bonchev–Trinajstić information content (AvgIpc) is 4.05. The zero-order chi connectivity index (χ0) is 39.3. The third-order valence-corrected chi connectivity index (χ3v) is 16.9. The van der Waals surface area contributed by atoms with Crippen LogP contribution in [0.2, 0.25) is 0 Å². The molecule has 5 saturated carbocycles. The van der Waals surface area contributed by atoms with Crippen molar-refractivity contribution >= 4 is 39.5 Å². The maximum absolute atomic E-state index is 15.0. The number of urea groups is 1. The molecule has 0 aromatic rings. The highest BCUT2D eigenvalue weighted by molar-refractivity contribution is 7.92. The Bertz CT molecular complexity index is 1630. The van der Waals surface area contributed by atoms with Crippen molar-refractivity contribution in [2.75, 3.05) is 12.3 Å². The van der Waals surface area contributed by atoms with E-state index in [-0.39, 0.29) is 46.4 Å². The van der Waals surface area contributed by atoms with Crippen LogP contribution in [0.3, 0.4) is 0 Å². The Labute approximate surface area is 322 Å². The van der Waals surface area contributed by atoms with Gasteiger partial charge < -0.3 is 26.2 Å². The van der Waals surface area contributed by atoms with Gasteiger partial charge in [-0.25, -0.2) is 18.0 Å². The van der Waals surface area contributed by atoms with Gasteiger partial charge in [0.2, 0.25) is 11.8 Å². The molecule has 4 N–H and O–H groups in total. The zero-order valence-corrected chi connectivity index (χ0v) is 34.3. The highest BCUT2D eigenvalue weighted by Crippen LogP contribution is 2.65. The molecule has 1 heterocycles. The van der Waals surface area contributed by atoms with Gasteiger partial charge in [-0.2, -0.15) is 0 Å². The lowest BCUT2D eigenvalue weighted by Gasteiger charge is -2.44. The van der Waals surface area contributed by atoms with E-state index in [1.807, 2.05) is 12.9 Å². The first-order valence-corrected chi connectivity index (χ1v) is 22.4. The minimum absolute atomic E-state index is 0.0373. The summed E-state index contributed by atoms with van der Waals surface area (Å²) in [5.74, 6) is 0.973. The van der Waals surface area contributed by atoms with Crippen molar-refractivity contribution < 1.29 is 32.4 Å². The number of hydrogen-bond donors (Lipinski definition) is 4. The van der Waals surface area contributed by atoms with Gasteiger partial charge in [0.1, 0.15) is 23.6 Å². The summed E-state index contributed by atoms with van der Waals surface area (Å²) >= 11 is 0. The number of nitrogens with one attached hydrogen (secondary N) is 4. The standard InChI is InChI=1S/C41H65N5O7S/c1-38(2,3)54(52,53)25-41(21-11-8-12-22-41)45-37(51)44-33(40(6)19-9-7-10-20-40)36(50)46-23-29-31(39(29,4)5)32(46)35(49)43-30(18-15-26-13-14-26)28(24-47)34(48)42-27-16-17-27/h26-27,29-33H,7-23,25H2,1-6H3,(H,42,48)(H,43,49)(H2,44,45,51). The molecule has 0 aromatic heterocycles.